The molecule has 1 fully saturated rings. The molecular weight excluding hydrogens is 359 g/mol. The second kappa shape index (κ2) is 7.37. The van der Waals surface area contributed by atoms with Crippen molar-refractivity contribution >= 4 is 17.2 Å². The molecule has 1 aliphatic heterocycles. The summed E-state index contributed by atoms with van der Waals surface area (Å²) in [4.78, 5) is 11.0. The number of nitrogens with one attached hydrogen (secondary N) is 2. The van der Waals surface area contributed by atoms with E-state index in [1.165, 1.54) is 6.07 Å². The van der Waals surface area contributed by atoms with Crippen molar-refractivity contribution in [3.05, 3.63) is 53.4 Å². The first-order valence-electron chi connectivity index (χ1n) is 9.46. The van der Waals surface area contributed by atoms with Gasteiger partial charge >= 0.3 is 0 Å². The lowest BCUT2D eigenvalue weighted by molar-refractivity contribution is 0.202. The molecule has 0 amide bonds. The molecule has 3 aromatic rings. The van der Waals surface area contributed by atoms with Crippen molar-refractivity contribution in [1.82, 2.24) is 19.7 Å². The molecular formula is C20H25FN6O. The van der Waals surface area contributed by atoms with Crippen LogP contribution in [-0.2, 0) is 0 Å². The number of rotatable bonds is 4. The van der Waals surface area contributed by atoms with Gasteiger partial charge in [0.25, 0.3) is 0 Å². The van der Waals surface area contributed by atoms with Gasteiger partial charge in [-0.3, -0.25) is 4.98 Å². The topological polar surface area (TPSA) is 77.7 Å². The number of aliphatic hydroxyl groups is 1. The highest BCUT2D eigenvalue weighted by molar-refractivity contribution is 5.53. The third-order valence-electron chi connectivity index (χ3n) is 5.02. The number of aromatic nitrogens is 3. The minimum atomic E-state index is -1.20. The molecule has 3 N–H and O–H groups in total. The highest BCUT2D eigenvalue weighted by Gasteiger charge is 2.19. The van der Waals surface area contributed by atoms with Gasteiger partial charge in [0.15, 0.2) is 11.9 Å². The molecule has 0 saturated carbocycles. The van der Waals surface area contributed by atoms with Crippen LogP contribution in [0.2, 0.25) is 0 Å². The Morgan fingerprint density at radius 1 is 1.29 bits per heavy atom. The van der Waals surface area contributed by atoms with Crippen LogP contribution in [0.25, 0.3) is 5.65 Å². The Bertz CT molecular complexity index is 1000. The number of nitrogens with zero attached hydrogens (tertiary/aromatic N) is 4. The molecule has 1 aromatic carbocycles. The molecule has 148 valence electrons. The fourth-order valence-electron chi connectivity index (χ4n) is 3.69. The van der Waals surface area contributed by atoms with Gasteiger partial charge in [0.2, 0.25) is 0 Å². The van der Waals surface area contributed by atoms with Crippen LogP contribution in [0, 0.1) is 19.7 Å². The summed E-state index contributed by atoms with van der Waals surface area (Å²) in [5.41, 5.74) is 3.38. The normalized spacial score (nSPS) is 18.5. The van der Waals surface area contributed by atoms with Crippen molar-refractivity contribution in [2.45, 2.75) is 33.0 Å². The zero-order valence-electron chi connectivity index (χ0n) is 16.3. The molecule has 2 atom stereocenters. The van der Waals surface area contributed by atoms with Crippen LogP contribution in [-0.4, -0.2) is 45.2 Å². The number of benzene rings is 1. The lowest BCUT2D eigenvalue weighted by Crippen LogP contribution is -2.49. The molecule has 0 aliphatic carbocycles. The van der Waals surface area contributed by atoms with Crippen LogP contribution in [0.5, 0.6) is 0 Å². The van der Waals surface area contributed by atoms with Crippen molar-refractivity contribution in [1.29, 1.82) is 0 Å². The second-order valence-electron chi connectivity index (χ2n) is 7.38. The summed E-state index contributed by atoms with van der Waals surface area (Å²) < 4.78 is 16.5. The molecule has 0 radical (unpaired) electrons. The molecule has 8 heteroatoms. The average molecular weight is 384 g/mol. The second-order valence-corrected chi connectivity index (χ2v) is 7.38. The molecule has 2 aromatic heterocycles. The molecule has 7 nitrogen and oxygen atoms in total. The van der Waals surface area contributed by atoms with Gasteiger partial charge in [-0.2, -0.15) is 0 Å². The summed E-state index contributed by atoms with van der Waals surface area (Å²) in [5.74, 6) is 0.0172. The van der Waals surface area contributed by atoms with E-state index >= 15 is 0 Å². The third-order valence-corrected chi connectivity index (χ3v) is 5.02. The monoisotopic (exact) mass is 384 g/mol. The van der Waals surface area contributed by atoms with Gasteiger partial charge in [-0.1, -0.05) is 0 Å². The summed E-state index contributed by atoms with van der Waals surface area (Å²) in [7, 11) is 0. The number of halogens is 1. The van der Waals surface area contributed by atoms with Crippen molar-refractivity contribution in [2.75, 3.05) is 29.9 Å². The van der Waals surface area contributed by atoms with E-state index < -0.39 is 12.0 Å². The fraction of sp³-hybridized carbons (Fsp3) is 0.400. The summed E-state index contributed by atoms with van der Waals surface area (Å²) >= 11 is 0. The number of aliphatic hydroxyl groups excluding tert-OH is 1. The molecule has 1 saturated heterocycles. The Hall–Kier alpha value is -2.71. The van der Waals surface area contributed by atoms with E-state index in [0.717, 1.165) is 36.7 Å². The average Bonchev–Trinajstić information content (AvgIpc) is 3.04. The largest absolute Gasteiger partial charge is 0.369 e. The maximum absolute atomic E-state index is 14.7. The number of piperazine rings is 1. The van der Waals surface area contributed by atoms with Crippen molar-refractivity contribution < 1.29 is 9.50 Å². The van der Waals surface area contributed by atoms with Crippen LogP contribution in [0.3, 0.4) is 0 Å². The molecule has 0 bridgehead atoms. The first kappa shape index (κ1) is 18.6. The van der Waals surface area contributed by atoms with Gasteiger partial charge in [-0.05, 0) is 39.0 Å². The predicted octanol–water partition coefficient (Wildman–Crippen LogP) is 2.39. The van der Waals surface area contributed by atoms with Gasteiger partial charge in [-0.25, -0.2) is 9.37 Å². The summed E-state index contributed by atoms with van der Waals surface area (Å²) in [6, 6.07) is 5.32. The maximum atomic E-state index is 14.7. The number of hydrogen-bond donors (Lipinski definition) is 3. The summed E-state index contributed by atoms with van der Waals surface area (Å²) in [5, 5.41) is 16.8. The molecule has 2 unspecified atom stereocenters. The predicted molar refractivity (Wildman–Crippen MR) is 107 cm³/mol. The minimum absolute atomic E-state index is 0.190. The molecule has 4 rings (SSSR count). The van der Waals surface area contributed by atoms with E-state index in [1.807, 2.05) is 30.5 Å². The quantitative estimate of drug-likeness (QED) is 0.600. The highest BCUT2D eigenvalue weighted by Crippen LogP contribution is 2.25. The third kappa shape index (κ3) is 3.65. The Labute approximate surface area is 163 Å². The number of anilines is 2. The number of fused-ring (bicyclic) bond motifs is 1. The van der Waals surface area contributed by atoms with Crippen molar-refractivity contribution in [2.24, 2.45) is 0 Å². The number of hydrogen-bond acceptors (Lipinski definition) is 6. The van der Waals surface area contributed by atoms with E-state index in [-0.39, 0.29) is 5.56 Å². The van der Waals surface area contributed by atoms with E-state index in [1.54, 1.807) is 12.3 Å². The Balaban J connectivity index is 1.53. The van der Waals surface area contributed by atoms with Crippen molar-refractivity contribution in [3.8, 4) is 0 Å². The minimum Gasteiger partial charge on any atom is -0.369 e. The maximum Gasteiger partial charge on any atom is 0.160 e. The van der Waals surface area contributed by atoms with Crippen LogP contribution in [0.15, 0.2) is 30.6 Å². The van der Waals surface area contributed by atoms with E-state index in [2.05, 4.69) is 32.4 Å². The van der Waals surface area contributed by atoms with Crippen LogP contribution < -0.4 is 15.5 Å². The Morgan fingerprint density at radius 3 is 2.86 bits per heavy atom. The summed E-state index contributed by atoms with van der Waals surface area (Å²) in [6.07, 6.45) is 2.42. The van der Waals surface area contributed by atoms with Gasteiger partial charge in [0, 0.05) is 43.1 Å². The SMILES string of the molecule is Cc1cn2cc(NC(O)c3ccc(N4CCNC(C)C4)cc3F)nc2c(C)n1. The van der Waals surface area contributed by atoms with Crippen LogP contribution in [0.4, 0.5) is 15.9 Å². The van der Waals surface area contributed by atoms with Gasteiger partial charge < -0.3 is 25.0 Å². The first-order chi connectivity index (χ1) is 13.4. The molecule has 1 aliphatic rings. The smallest absolute Gasteiger partial charge is 0.160 e. The Kier molecular flexibility index (Phi) is 4.91. The number of aryl methyl sites for hydroxylation is 2. The van der Waals surface area contributed by atoms with Crippen LogP contribution in [0.1, 0.15) is 30.1 Å². The fourth-order valence-corrected chi connectivity index (χ4v) is 3.69. The number of imidazole rings is 1. The van der Waals surface area contributed by atoms with Gasteiger partial charge in [0.05, 0.1) is 17.6 Å². The van der Waals surface area contributed by atoms with Crippen LogP contribution >= 0.6 is 0 Å². The Morgan fingerprint density at radius 2 is 2.11 bits per heavy atom. The molecule has 3 heterocycles. The lowest BCUT2D eigenvalue weighted by Gasteiger charge is -2.33. The van der Waals surface area contributed by atoms with E-state index in [9.17, 15) is 9.50 Å². The first-order valence-corrected chi connectivity index (χ1v) is 9.46. The van der Waals surface area contributed by atoms with E-state index in [0.29, 0.717) is 17.5 Å². The zero-order valence-corrected chi connectivity index (χ0v) is 16.3. The molecule has 28 heavy (non-hydrogen) atoms. The van der Waals surface area contributed by atoms with Gasteiger partial charge in [-0.15, -0.1) is 0 Å². The lowest BCUT2D eigenvalue weighted by atomic mass is 10.1. The van der Waals surface area contributed by atoms with E-state index in [4.69, 9.17) is 0 Å². The highest BCUT2D eigenvalue weighted by atomic mass is 19.1. The van der Waals surface area contributed by atoms with Gasteiger partial charge in [0.1, 0.15) is 11.6 Å². The molecule has 0 spiro atoms. The zero-order chi connectivity index (χ0) is 19.8. The standard InChI is InChI=1S/C20H25FN6O/c1-12-9-26(7-6-22-12)15-4-5-16(17(21)8-15)20(28)25-18-11-27-10-13(2)23-14(3)19(27)24-18/h4-5,8,10-12,20,22,25,28H,6-7,9H2,1-3H3. The summed E-state index contributed by atoms with van der Waals surface area (Å²) in [6.45, 7) is 8.43. The van der Waals surface area contributed by atoms with Crippen molar-refractivity contribution in [3.63, 3.8) is 0 Å².